The Bertz CT molecular complexity index is 823. The number of aromatic nitrogens is 3. The number of carbonyl (C=O) groups is 1. The maximum atomic E-state index is 12.1. The lowest BCUT2D eigenvalue weighted by Crippen LogP contribution is -2.11. The van der Waals surface area contributed by atoms with E-state index >= 15 is 0 Å². The van der Waals surface area contributed by atoms with Gasteiger partial charge in [0.2, 0.25) is 5.91 Å². The van der Waals surface area contributed by atoms with Gasteiger partial charge in [-0.15, -0.1) is 10.2 Å². The largest absolute Gasteiger partial charge is 0.326 e. The number of nitrogens with zero attached hydrogens (tertiary/aromatic N) is 3. The highest BCUT2D eigenvalue weighted by Crippen LogP contribution is 2.13. The van der Waals surface area contributed by atoms with Crippen molar-refractivity contribution in [3.8, 4) is 0 Å². The topological polar surface area (TPSA) is 59.3 Å². The van der Waals surface area contributed by atoms with Gasteiger partial charge in [-0.2, -0.15) is 0 Å². The molecule has 0 fully saturated rings. The van der Waals surface area contributed by atoms with E-state index in [1.807, 2.05) is 40.9 Å². The average Bonchev–Trinajstić information content (AvgIpc) is 3.04. The van der Waals surface area contributed by atoms with E-state index in [-0.39, 0.29) is 5.91 Å². The Labute approximate surface area is 148 Å². The summed E-state index contributed by atoms with van der Waals surface area (Å²) in [5, 5.41) is 11.3. The number of nitrogens with one attached hydrogen (secondary N) is 1. The lowest BCUT2D eigenvalue weighted by molar-refractivity contribution is -0.116. The number of benzene rings is 1. The predicted molar refractivity (Wildman–Crippen MR) is 99.6 cm³/mol. The lowest BCUT2D eigenvalue weighted by Gasteiger charge is -2.06. The fraction of sp³-hybridized carbons (Fsp3) is 0.350. The Morgan fingerprint density at radius 3 is 2.68 bits per heavy atom. The van der Waals surface area contributed by atoms with Crippen molar-refractivity contribution in [3.05, 3.63) is 60.0 Å². The highest BCUT2D eigenvalue weighted by molar-refractivity contribution is 5.90. The van der Waals surface area contributed by atoms with Crippen LogP contribution in [0, 0.1) is 0 Å². The van der Waals surface area contributed by atoms with E-state index in [2.05, 4.69) is 34.6 Å². The Morgan fingerprint density at radius 1 is 1.04 bits per heavy atom. The third-order valence-electron chi connectivity index (χ3n) is 4.25. The third kappa shape index (κ3) is 4.66. The highest BCUT2D eigenvalue weighted by Gasteiger charge is 2.07. The molecule has 1 amide bonds. The number of fused-ring (bicyclic) bond motifs is 1. The van der Waals surface area contributed by atoms with Crippen LogP contribution in [0.2, 0.25) is 0 Å². The lowest BCUT2D eigenvalue weighted by atomic mass is 10.1. The van der Waals surface area contributed by atoms with Crippen LogP contribution in [0.3, 0.4) is 0 Å². The summed E-state index contributed by atoms with van der Waals surface area (Å²) in [5.41, 5.74) is 3.02. The molecule has 0 radical (unpaired) electrons. The second-order valence-corrected chi connectivity index (χ2v) is 6.25. The molecule has 2 heterocycles. The molecule has 0 unspecified atom stereocenters. The van der Waals surface area contributed by atoms with Crippen molar-refractivity contribution < 1.29 is 4.79 Å². The van der Waals surface area contributed by atoms with Crippen molar-refractivity contribution in [3.63, 3.8) is 0 Å². The zero-order valence-electron chi connectivity index (χ0n) is 14.6. The van der Waals surface area contributed by atoms with Crippen molar-refractivity contribution in [2.24, 2.45) is 0 Å². The molecule has 0 atom stereocenters. The summed E-state index contributed by atoms with van der Waals surface area (Å²) >= 11 is 0. The molecule has 0 spiro atoms. The normalized spacial score (nSPS) is 10.9. The first-order valence-electron chi connectivity index (χ1n) is 8.93. The van der Waals surface area contributed by atoms with Gasteiger partial charge < -0.3 is 5.32 Å². The number of pyridine rings is 1. The number of rotatable bonds is 8. The van der Waals surface area contributed by atoms with Gasteiger partial charge in [0, 0.05) is 24.7 Å². The van der Waals surface area contributed by atoms with Gasteiger partial charge in [-0.1, -0.05) is 31.5 Å². The van der Waals surface area contributed by atoms with E-state index in [0.29, 0.717) is 6.42 Å². The summed E-state index contributed by atoms with van der Waals surface area (Å²) < 4.78 is 1.97. The number of hydrogen-bond acceptors (Lipinski definition) is 3. The van der Waals surface area contributed by atoms with Crippen LogP contribution in [0.1, 0.15) is 44.0 Å². The maximum absolute atomic E-state index is 12.1. The van der Waals surface area contributed by atoms with Crippen LogP contribution in [0.4, 0.5) is 5.69 Å². The zero-order valence-corrected chi connectivity index (χ0v) is 14.6. The molecule has 5 heteroatoms. The van der Waals surface area contributed by atoms with Gasteiger partial charge >= 0.3 is 0 Å². The van der Waals surface area contributed by atoms with Gasteiger partial charge in [-0.3, -0.25) is 9.20 Å². The van der Waals surface area contributed by atoms with E-state index in [0.717, 1.165) is 36.4 Å². The molecule has 2 aromatic heterocycles. The predicted octanol–water partition coefficient (Wildman–Crippen LogP) is 4.03. The fourth-order valence-electron chi connectivity index (χ4n) is 2.83. The quantitative estimate of drug-likeness (QED) is 0.675. The van der Waals surface area contributed by atoms with E-state index in [9.17, 15) is 4.79 Å². The SMILES string of the molecule is CCCCc1ccc(NC(=O)CCCc2nnc3ccccn23)cc1. The molecule has 0 aliphatic carbocycles. The van der Waals surface area contributed by atoms with Gasteiger partial charge in [0.15, 0.2) is 5.65 Å². The van der Waals surface area contributed by atoms with E-state index < -0.39 is 0 Å². The highest BCUT2D eigenvalue weighted by atomic mass is 16.1. The number of anilines is 1. The molecule has 1 N–H and O–H groups in total. The van der Waals surface area contributed by atoms with Crippen molar-refractivity contribution in [2.75, 3.05) is 5.32 Å². The molecule has 25 heavy (non-hydrogen) atoms. The smallest absolute Gasteiger partial charge is 0.224 e. The van der Waals surface area contributed by atoms with Crippen molar-refractivity contribution in [2.45, 2.75) is 45.4 Å². The Morgan fingerprint density at radius 2 is 1.88 bits per heavy atom. The molecule has 3 rings (SSSR count). The summed E-state index contributed by atoms with van der Waals surface area (Å²) in [6.07, 6.45) is 7.38. The summed E-state index contributed by atoms with van der Waals surface area (Å²) in [4.78, 5) is 12.1. The van der Waals surface area contributed by atoms with E-state index in [4.69, 9.17) is 0 Å². The van der Waals surface area contributed by atoms with Crippen molar-refractivity contribution in [1.82, 2.24) is 14.6 Å². The van der Waals surface area contributed by atoms with Gasteiger partial charge in [0.1, 0.15) is 5.82 Å². The molecule has 0 aliphatic heterocycles. The molecule has 5 nitrogen and oxygen atoms in total. The second kappa shape index (κ2) is 8.42. The minimum atomic E-state index is 0.0372. The van der Waals surface area contributed by atoms with E-state index in [1.165, 1.54) is 18.4 Å². The molecule has 3 aromatic rings. The minimum absolute atomic E-state index is 0.0372. The molecule has 130 valence electrons. The number of amides is 1. The van der Waals surface area contributed by atoms with Gasteiger partial charge in [0.05, 0.1) is 0 Å². The number of carbonyl (C=O) groups excluding carboxylic acids is 1. The zero-order chi connectivity index (χ0) is 17.5. The second-order valence-electron chi connectivity index (χ2n) is 6.25. The molecule has 0 aliphatic rings. The van der Waals surface area contributed by atoms with Gasteiger partial charge in [0.25, 0.3) is 0 Å². The van der Waals surface area contributed by atoms with Gasteiger partial charge in [-0.05, 0) is 49.1 Å². The molecule has 1 aromatic carbocycles. The first-order valence-corrected chi connectivity index (χ1v) is 8.93. The van der Waals surface area contributed by atoms with Crippen LogP contribution in [0.5, 0.6) is 0 Å². The summed E-state index contributed by atoms with van der Waals surface area (Å²) in [5.74, 6) is 0.929. The number of hydrogen-bond donors (Lipinski definition) is 1. The minimum Gasteiger partial charge on any atom is -0.326 e. The Balaban J connectivity index is 1.46. The monoisotopic (exact) mass is 336 g/mol. The summed E-state index contributed by atoms with van der Waals surface area (Å²) in [6.45, 7) is 2.19. The standard InChI is InChI=1S/C20H24N4O/c1-2-3-7-16-11-13-17(14-12-16)21-20(25)10-6-9-19-23-22-18-8-4-5-15-24(18)19/h4-5,8,11-15H,2-3,6-7,9-10H2,1H3,(H,21,25). The first-order chi connectivity index (χ1) is 12.3. The van der Waals surface area contributed by atoms with E-state index in [1.54, 1.807) is 0 Å². The van der Waals surface area contributed by atoms with Crippen LogP contribution in [-0.2, 0) is 17.6 Å². The average molecular weight is 336 g/mol. The van der Waals surface area contributed by atoms with Crippen molar-refractivity contribution in [1.29, 1.82) is 0 Å². The van der Waals surface area contributed by atoms with Crippen LogP contribution >= 0.6 is 0 Å². The van der Waals surface area contributed by atoms with Gasteiger partial charge in [-0.25, -0.2) is 0 Å². The summed E-state index contributed by atoms with van der Waals surface area (Å²) in [7, 11) is 0. The Kier molecular flexibility index (Phi) is 5.77. The number of unbranched alkanes of at least 4 members (excludes halogenated alkanes) is 1. The van der Waals surface area contributed by atoms with Crippen LogP contribution in [0.25, 0.3) is 5.65 Å². The summed E-state index contributed by atoms with van der Waals surface area (Å²) in [6, 6.07) is 14.0. The van der Waals surface area contributed by atoms with Crippen LogP contribution in [-0.4, -0.2) is 20.5 Å². The number of aryl methyl sites for hydroxylation is 2. The third-order valence-corrected chi connectivity index (χ3v) is 4.25. The van der Waals surface area contributed by atoms with Crippen LogP contribution in [0.15, 0.2) is 48.7 Å². The molecule has 0 saturated carbocycles. The van der Waals surface area contributed by atoms with Crippen molar-refractivity contribution >= 4 is 17.2 Å². The molecule has 0 bridgehead atoms. The fourth-order valence-corrected chi connectivity index (χ4v) is 2.83. The molecular formula is C20H24N4O. The maximum Gasteiger partial charge on any atom is 0.224 e. The molecular weight excluding hydrogens is 312 g/mol. The van der Waals surface area contributed by atoms with Crippen LogP contribution < -0.4 is 5.32 Å². The Hall–Kier alpha value is -2.69. The molecule has 0 saturated heterocycles. The first kappa shape index (κ1) is 17.1.